The summed E-state index contributed by atoms with van der Waals surface area (Å²) >= 11 is 3.36. The molecule has 1 N–H and O–H groups in total. The van der Waals surface area contributed by atoms with Crippen LogP contribution >= 0.6 is 15.9 Å². The first-order valence-electron chi connectivity index (χ1n) is 6.30. The van der Waals surface area contributed by atoms with Gasteiger partial charge in [-0.3, -0.25) is 4.79 Å². The number of rotatable bonds is 4. The summed E-state index contributed by atoms with van der Waals surface area (Å²) in [6.45, 7) is 0. The number of carbonyl (C=O) groups is 1. The predicted molar refractivity (Wildman–Crippen MR) is 87.2 cm³/mol. The monoisotopic (exact) mass is 349 g/mol. The zero-order valence-corrected chi connectivity index (χ0v) is 13.6. The van der Waals surface area contributed by atoms with Crippen molar-refractivity contribution in [2.45, 2.75) is 0 Å². The molecule has 2 aromatic rings. The van der Waals surface area contributed by atoms with Crippen LogP contribution in [0.1, 0.15) is 10.4 Å². The molecule has 6 heteroatoms. The number of pyridine rings is 1. The first kappa shape index (κ1) is 15.3. The highest BCUT2D eigenvalue weighted by Crippen LogP contribution is 2.32. The van der Waals surface area contributed by atoms with Gasteiger partial charge in [-0.15, -0.1) is 0 Å². The maximum atomic E-state index is 12.4. The maximum Gasteiger partial charge on any atom is 0.255 e. The van der Waals surface area contributed by atoms with E-state index in [1.165, 1.54) is 7.11 Å². The highest BCUT2D eigenvalue weighted by molar-refractivity contribution is 9.10. The Bertz CT molecular complexity index is 659. The number of carbonyl (C=O) groups excluding carboxylic acids is 1. The van der Waals surface area contributed by atoms with E-state index in [9.17, 15) is 4.79 Å². The zero-order valence-electron chi connectivity index (χ0n) is 12.1. The molecule has 0 aliphatic rings. The fraction of sp³-hybridized carbons (Fsp3) is 0.200. The SMILES string of the molecule is COc1nccc(N(C)C)c1NC(=O)c1cccc(Br)c1. The molecule has 0 saturated carbocycles. The van der Waals surface area contributed by atoms with E-state index >= 15 is 0 Å². The van der Waals surface area contributed by atoms with Crippen LogP contribution in [0.15, 0.2) is 41.0 Å². The maximum absolute atomic E-state index is 12.4. The van der Waals surface area contributed by atoms with E-state index in [1.807, 2.05) is 37.2 Å². The summed E-state index contributed by atoms with van der Waals surface area (Å²) < 4.78 is 6.08. The molecule has 2 rings (SSSR count). The van der Waals surface area contributed by atoms with Crippen molar-refractivity contribution in [3.05, 3.63) is 46.6 Å². The molecule has 0 aliphatic heterocycles. The second-order valence-corrected chi connectivity index (χ2v) is 5.49. The standard InChI is InChI=1S/C15H16BrN3O2/c1-19(2)12-7-8-17-15(21-3)13(12)18-14(20)10-5-4-6-11(16)9-10/h4-9H,1-3H3,(H,18,20). The van der Waals surface area contributed by atoms with Crippen molar-refractivity contribution < 1.29 is 9.53 Å². The van der Waals surface area contributed by atoms with Gasteiger partial charge in [-0.05, 0) is 24.3 Å². The third-order valence-corrected chi connectivity index (χ3v) is 3.39. The average molecular weight is 350 g/mol. The van der Waals surface area contributed by atoms with Crippen LogP contribution in [0.2, 0.25) is 0 Å². The molecule has 0 saturated heterocycles. The van der Waals surface area contributed by atoms with Gasteiger partial charge in [0.15, 0.2) is 0 Å². The number of ether oxygens (including phenoxy) is 1. The Morgan fingerprint density at radius 2 is 2.10 bits per heavy atom. The van der Waals surface area contributed by atoms with Gasteiger partial charge in [-0.1, -0.05) is 22.0 Å². The number of hydrogen-bond donors (Lipinski definition) is 1. The van der Waals surface area contributed by atoms with Crippen LogP contribution in [0.4, 0.5) is 11.4 Å². The summed E-state index contributed by atoms with van der Waals surface area (Å²) in [7, 11) is 5.31. The first-order valence-corrected chi connectivity index (χ1v) is 7.09. The lowest BCUT2D eigenvalue weighted by molar-refractivity contribution is 0.102. The van der Waals surface area contributed by atoms with Crippen molar-refractivity contribution in [1.82, 2.24) is 4.98 Å². The Morgan fingerprint density at radius 1 is 1.33 bits per heavy atom. The zero-order chi connectivity index (χ0) is 15.4. The quantitative estimate of drug-likeness (QED) is 0.920. The minimum absolute atomic E-state index is 0.217. The molecule has 1 aromatic carbocycles. The van der Waals surface area contributed by atoms with Gasteiger partial charge in [0, 0.05) is 30.3 Å². The number of hydrogen-bond acceptors (Lipinski definition) is 4. The van der Waals surface area contributed by atoms with Crippen molar-refractivity contribution in [3.8, 4) is 5.88 Å². The molecule has 0 bridgehead atoms. The van der Waals surface area contributed by atoms with E-state index in [0.29, 0.717) is 17.1 Å². The summed E-state index contributed by atoms with van der Waals surface area (Å²) in [6.07, 6.45) is 1.64. The van der Waals surface area contributed by atoms with Crippen molar-refractivity contribution in [3.63, 3.8) is 0 Å². The van der Waals surface area contributed by atoms with E-state index in [2.05, 4.69) is 26.2 Å². The molecule has 0 radical (unpaired) electrons. The Balaban J connectivity index is 2.36. The van der Waals surface area contributed by atoms with Crippen LogP contribution in [0.5, 0.6) is 5.88 Å². The van der Waals surface area contributed by atoms with Crippen LogP contribution in [0.3, 0.4) is 0 Å². The van der Waals surface area contributed by atoms with Crippen LogP contribution < -0.4 is 15.0 Å². The van der Waals surface area contributed by atoms with Gasteiger partial charge in [-0.25, -0.2) is 4.98 Å². The fourth-order valence-corrected chi connectivity index (χ4v) is 2.29. The topological polar surface area (TPSA) is 54.5 Å². The molecule has 1 heterocycles. The molecule has 0 aliphatic carbocycles. The molecule has 5 nitrogen and oxygen atoms in total. The van der Waals surface area contributed by atoms with Crippen LogP contribution in [0, 0.1) is 0 Å². The van der Waals surface area contributed by atoms with E-state index in [-0.39, 0.29) is 5.91 Å². The largest absolute Gasteiger partial charge is 0.479 e. The van der Waals surface area contributed by atoms with E-state index < -0.39 is 0 Å². The molecule has 0 fully saturated rings. The molecule has 21 heavy (non-hydrogen) atoms. The summed E-state index contributed by atoms with van der Waals surface area (Å²) in [5, 5.41) is 2.87. The molecular formula is C15H16BrN3O2. The molecule has 110 valence electrons. The van der Waals surface area contributed by atoms with Crippen LogP contribution in [-0.4, -0.2) is 32.1 Å². The number of anilines is 2. The first-order chi connectivity index (χ1) is 10.0. The molecule has 0 unspecified atom stereocenters. The smallest absolute Gasteiger partial charge is 0.255 e. The summed E-state index contributed by atoms with van der Waals surface area (Å²) in [5.41, 5.74) is 1.93. The Morgan fingerprint density at radius 3 is 2.71 bits per heavy atom. The van der Waals surface area contributed by atoms with E-state index in [0.717, 1.165) is 10.2 Å². The lowest BCUT2D eigenvalue weighted by Gasteiger charge is -2.19. The average Bonchev–Trinajstić information content (AvgIpc) is 2.47. The number of methoxy groups -OCH3 is 1. The highest BCUT2D eigenvalue weighted by atomic mass is 79.9. The Hall–Kier alpha value is -2.08. The number of aromatic nitrogens is 1. The van der Waals surface area contributed by atoms with Crippen LogP contribution in [-0.2, 0) is 0 Å². The van der Waals surface area contributed by atoms with Crippen LogP contribution in [0.25, 0.3) is 0 Å². The van der Waals surface area contributed by atoms with Gasteiger partial charge in [0.2, 0.25) is 5.88 Å². The Labute approximate surface area is 132 Å². The second-order valence-electron chi connectivity index (χ2n) is 4.57. The minimum Gasteiger partial charge on any atom is -0.479 e. The highest BCUT2D eigenvalue weighted by Gasteiger charge is 2.16. The van der Waals surface area contributed by atoms with Gasteiger partial charge < -0.3 is 15.0 Å². The molecule has 0 spiro atoms. The van der Waals surface area contributed by atoms with E-state index in [4.69, 9.17) is 4.74 Å². The predicted octanol–water partition coefficient (Wildman–Crippen LogP) is 3.17. The summed E-state index contributed by atoms with van der Waals surface area (Å²) in [5.74, 6) is 0.162. The molecule has 1 aromatic heterocycles. The molecular weight excluding hydrogens is 334 g/mol. The fourth-order valence-electron chi connectivity index (χ4n) is 1.89. The van der Waals surface area contributed by atoms with Crippen molar-refractivity contribution >= 4 is 33.2 Å². The second kappa shape index (κ2) is 6.58. The molecule has 1 amide bonds. The van der Waals surface area contributed by atoms with E-state index in [1.54, 1.807) is 18.3 Å². The molecule has 0 atom stereocenters. The summed E-state index contributed by atoms with van der Waals surface area (Å²) in [4.78, 5) is 18.4. The number of amides is 1. The number of nitrogens with zero attached hydrogens (tertiary/aromatic N) is 2. The minimum atomic E-state index is -0.217. The normalized spacial score (nSPS) is 10.1. The Kier molecular flexibility index (Phi) is 4.80. The lowest BCUT2D eigenvalue weighted by Crippen LogP contribution is -2.18. The lowest BCUT2D eigenvalue weighted by atomic mass is 10.2. The van der Waals surface area contributed by atoms with Crippen molar-refractivity contribution in [1.29, 1.82) is 0 Å². The van der Waals surface area contributed by atoms with Gasteiger partial charge in [0.25, 0.3) is 5.91 Å². The van der Waals surface area contributed by atoms with Gasteiger partial charge in [-0.2, -0.15) is 0 Å². The summed E-state index contributed by atoms with van der Waals surface area (Å²) in [6, 6.07) is 9.00. The van der Waals surface area contributed by atoms with Gasteiger partial charge in [0.1, 0.15) is 5.69 Å². The number of nitrogens with one attached hydrogen (secondary N) is 1. The van der Waals surface area contributed by atoms with Crippen molar-refractivity contribution in [2.24, 2.45) is 0 Å². The number of benzene rings is 1. The third kappa shape index (κ3) is 3.52. The van der Waals surface area contributed by atoms with Gasteiger partial charge in [0.05, 0.1) is 12.8 Å². The third-order valence-electron chi connectivity index (χ3n) is 2.89. The van der Waals surface area contributed by atoms with Crippen molar-refractivity contribution in [2.75, 3.05) is 31.4 Å². The number of halogens is 1. The van der Waals surface area contributed by atoms with Gasteiger partial charge >= 0.3 is 0 Å².